The summed E-state index contributed by atoms with van der Waals surface area (Å²) in [6, 6.07) is 10.9. The number of rotatable bonds is 6. The van der Waals surface area contributed by atoms with Crippen molar-refractivity contribution < 1.29 is 21.6 Å². The first-order valence-corrected chi connectivity index (χ1v) is 11.5. The van der Waals surface area contributed by atoms with Crippen LogP contribution in [-0.4, -0.2) is 26.4 Å². The molecule has 164 valence electrons. The van der Waals surface area contributed by atoms with E-state index in [1.165, 1.54) is 37.3 Å². The molecule has 30 heavy (non-hydrogen) atoms. The number of sulfonamides is 1. The fourth-order valence-corrected chi connectivity index (χ4v) is 4.37. The second-order valence-electron chi connectivity index (χ2n) is 7.61. The summed E-state index contributed by atoms with van der Waals surface area (Å²) in [6.07, 6.45) is 0.206. The predicted octanol–water partition coefficient (Wildman–Crippen LogP) is 4.34. The maximum Gasteiger partial charge on any atom is 0.417 e. The number of hydrogen-bond donors (Lipinski definition) is 2. The number of anilines is 1. The Morgan fingerprint density at radius 1 is 0.933 bits per heavy atom. The van der Waals surface area contributed by atoms with Crippen molar-refractivity contribution in [1.82, 2.24) is 4.90 Å². The Kier molecular flexibility index (Phi) is 7.05. The topological polar surface area (TPSA) is 75.4 Å². The van der Waals surface area contributed by atoms with Gasteiger partial charge in [0.2, 0.25) is 10.0 Å². The number of nitrogens with zero attached hydrogens (tertiary/aromatic N) is 1. The van der Waals surface area contributed by atoms with Gasteiger partial charge in [0.1, 0.15) is 0 Å². The van der Waals surface area contributed by atoms with Gasteiger partial charge < -0.3 is 5.32 Å². The first-order chi connectivity index (χ1) is 14.1. The van der Waals surface area contributed by atoms with Crippen LogP contribution >= 0.6 is 0 Å². The molecule has 0 aliphatic carbocycles. The van der Waals surface area contributed by atoms with E-state index >= 15 is 0 Å². The lowest BCUT2D eigenvalue weighted by Crippen LogP contribution is -2.23. The molecule has 1 saturated heterocycles. The Balaban J connectivity index is 1.65. The Morgan fingerprint density at radius 3 is 2.10 bits per heavy atom. The molecule has 0 amide bonds. The van der Waals surface area contributed by atoms with Crippen LogP contribution in [0.5, 0.6) is 0 Å². The van der Waals surface area contributed by atoms with Crippen molar-refractivity contribution in [2.24, 2.45) is 5.14 Å². The molecule has 1 aliphatic rings. The Hall–Kier alpha value is -2.10. The minimum atomic E-state index is -4.82. The van der Waals surface area contributed by atoms with Crippen molar-refractivity contribution >= 4 is 15.7 Å². The summed E-state index contributed by atoms with van der Waals surface area (Å²) < 4.78 is 62.6. The van der Waals surface area contributed by atoms with E-state index in [1.54, 1.807) is 0 Å². The minimum Gasteiger partial charge on any atom is -0.381 e. The summed E-state index contributed by atoms with van der Waals surface area (Å²) in [5.74, 6) is 0. The molecule has 1 heterocycles. The molecule has 3 N–H and O–H groups in total. The molecule has 0 radical (unpaired) electrons. The SMILES string of the molecule is NS(=O)(=O)c1ccc(NCc2ccc(CN3CCCCCC3)cc2)cc1C(F)(F)F. The van der Waals surface area contributed by atoms with E-state index in [0.29, 0.717) is 6.54 Å². The molecule has 0 aromatic heterocycles. The summed E-state index contributed by atoms with van der Waals surface area (Å²) in [6.45, 7) is 3.44. The zero-order valence-electron chi connectivity index (χ0n) is 16.6. The Labute approximate surface area is 175 Å². The summed E-state index contributed by atoms with van der Waals surface area (Å²) in [7, 11) is -4.47. The standard InChI is InChI=1S/C21H26F3N3O2S/c22-21(23,24)19-13-18(9-10-20(19)30(25,28)29)26-14-16-5-7-17(8-6-16)15-27-11-3-1-2-4-12-27/h5-10,13,26H,1-4,11-12,14-15H2,(H2,25,28,29). The van der Waals surface area contributed by atoms with Gasteiger partial charge >= 0.3 is 6.18 Å². The molecule has 9 heteroatoms. The third-order valence-electron chi connectivity index (χ3n) is 5.22. The van der Waals surface area contributed by atoms with E-state index < -0.39 is 26.7 Å². The summed E-state index contributed by atoms with van der Waals surface area (Å²) in [5.41, 5.74) is 1.02. The lowest BCUT2D eigenvalue weighted by molar-refractivity contribution is -0.139. The fraction of sp³-hybridized carbons (Fsp3) is 0.429. The maximum atomic E-state index is 13.2. The smallest absolute Gasteiger partial charge is 0.381 e. The minimum absolute atomic E-state index is 0.170. The summed E-state index contributed by atoms with van der Waals surface area (Å²) in [4.78, 5) is 1.52. The van der Waals surface area contributed by atoms with Crippen molar-refractivity contribution in [2.45, 2.75) is 49.8 Å². The van der Waals surface area contributed by atoms with E-state index in [-0.39, 0.29) is 5.69 Å². The lowest BCUT2D eigenvalue weighted by atomic mass is 10.1. The zero-order valence-corrected chi connectivity index (χ0v) is 17.4. The molecular formula is C21H26F3N3O2S. The van der Waals surface area contributed by atoms with E-state index in [4.69, 9.17) is 5.14 Å². The first kappa shape index (κ1) is 22.6. The number of hydrogen-bond acceptors (Lipinski definition) is 4. The summed E-state index contributed by atoms with van der Waals surface area (Å²) in [5, 5.41) is 7.82. The van der Waals surface area contributed by atoms with Gasteiger partial charge in [0.15, 0.2) is 0 Å². The van der Waals surface area contributed by atoms with E-state index in [1.807, 2.05) is 24.3 Å². The number of alkyl halides is 3. The van der Waals surface area contributed by atoms with Gasteiger partial charge in [-0.25, -0.2) is 13.6 Å². The van der Waals surface area contributed by atoms with Crippen LogP contribution in [0.3, 0.4) is 0 Å². The molecule has 0 atom stereocenters. The van der Waals surface area contributed by atoms with Crippen molar-refractivity contribution in [3.63, 3.8) is 0 Å². The van der Waals surface area contributed by atoms with E-state index in [2.05, 4.69) is 10.2 Å². The number of nitrogens with two attached hydrogens (primary N) is 1. The van der Waals surface area contributed by atoms with E-state index in [9.17, 15) is 21.6 Å². The van der Waals surface area contributed by atoms with Crippen molar-refractivity contribution in [2.75, 3.05) is 18.4 Å². The molecule has 1 fully saturated rings. The van der Waals surface area contributed by atoms with Gasteiger partial charge in [-0.3, -0.25) is 4.90 Å². The van der Waals surface area contributed by atoms with Gasteiger partial charge in [0, 0.05) is 18.8 Å². The normalized spacial score (nSPS) is 16.3. The number of likely N-dealkylation sites (tertiary alicyclic amines) is 1. The maximum absolute atomic E-state index is 13.2. The first-order valence-electron chi connectivity index (χ1n) is 9.91. The number of halogens is 3. The van der Waals surface area contributed by atoms with Gasteiger partial charge in [-0.15, -0.1) is 0 Å². The number of benzene rings is 2. The van der Waals surface area contributed by atoms with Crippen LogP contribution in [0.4, 0.5) is 18.9 Å². The molecule has 2 aromatic carbocycles. The van der Waals surface area contributed by atoms with Crippen molar-refractivity contribution in [3.05, 3.63) is 59.2 Å². The highest BCUT2D eigenvalue weighted by molar-refractivity contribution is 7.89. The second-order valence-corrected chi connectivity index (χ2v) is 9.14. The number of nitrogens with one attached hydrogen (secondary N) is 1. The molecular weight excluding hydrogens is 415 g/mol. The molecule has 0 saturated carbocycles. The third kappa shape index (κ3) is 6.20. The van der Waals surface area contributed by atoms with Crippen LogP contribution in [-0.2, 0) is 29.3 Å². The Bertz CT molecular complexity index is 952. The molecule has 0 spiro atoms. The molecule has 1 aliphatic heterocycles. The highest BCUT2D eigenvalue weighted by Crippen LogP contribution is 2.35. The quantitative estimate of drug-likeness (QED) is 0.699. The van der Waals surface area contributed by atoms with Crippen LogP contribution in [0.1, 0.15) is 42.4 Å². The van der Waals surface area contributed by atoms with E-state index in [0.717, 1.165) is 37.3 Å². The van der Waals surface area contributed by atoms with Gasteiger partial charge in [-0.05, 0) is 55.3 Å². The molecule has 0 unspecified atom stereocenters. The van der Waals surface area contributed by atoms with Gasteiger partial charge in [0.05, 0.1) is 10.5 Å². The lowest BCUT2D eigenvalue weighted by Gasteiger charge is -2.20. The third-order valence-corrected chi connectivity index (χ3v) is 6.19. The average Bonchev–Trinajstić information content (AvgIpc) is 2.94. The average molecular weight is 442 g/mol. The van der Waals surface area contributed by atoms with Gasteiger partial charge in [-0.2, -0.15) is 13.2 Å². The van der Waals surface area contributed by atoms with Crippen LogP contribution < -0.4 is 10.5 Å². The predicted molar refractivity (Wildman–Crippen MR) is 110 cm³/mol. The van der Waals surface area contributed by atoms with Crippen LogP contribution in [0.2, 0.25) is 0 Å². The van der Waals surface area contributed by atoms with Crippen LogP contribution in [0, 0.1) is 0 Å². The molecule has 3 rings (SSSR count). The highest BCUT2D eigenvalue weighted by Gasteiger charge is 2.36. The van der Waals surface area contributed by atoms with Crippen molar-refractivity contribution in [1.29, 1.82) is 0 Å². The monoisotopic (exact) mass is 441 g/mol. The van der Waals surface area contributed by atoms with Crippen molar-refractivity contribution in [3.8, 4) is 0 Å². The Morgan fingerprint density at radius 2 is 1.53 bits per heavy atom. The van der Waals surface area contributed by atoms with Gasteiger partial charge in [-0.1, -0.05) is 37.1 Å². The van der Waals surface area contributed by atoms with Gasteiger partial charge in [0.25, 0.3) is 0 Å². The van der Waals surface area contributed by atoms with Crippen LogP contribution in [0.15, 0.2) is 47.4 Å². The number of primary sulfonamides is 1. The molecule has 0 bridgehead atoms. The fourth-order valence-electron chi connectivity index (χ4n) is 3.63. The van der Waals surface area contributed by atoms with Crippen LogP contribution in [0.25, 0.3) is 0 Å². The largest absolute Gasteiger partial charge is 0.417 e. The highest BCUT2D eigenvalue weighted by atomic mass is 32.2. The second kappa shape index (κ2) is 9.36. The molecule has 5 nitrogen and oxygen atoms in total. The zero-order chi connectivity index (χ0) is 21.8. The summed E-state index contributed by atoms with van der Waals surface area (Å²) >= 11 is 0. The molecule has 2 aromatic rings.